The van der Waals surface area contributed by atoms with E-state index in [0.717, 1.165) is 29.9 Å². The standard InChI is InChI=1S/C28H32O4/c1-17-6-5-13-28(2,3)27(17)23-8-4-7-22-21(23)11-12-24(22)32-19-9-10-20-18(14-26(29)30)16-31-25(20)15-19/h4,7-10,15,18,24H,5-6,11-14,16H2,1-3H3,(H,29,30)/t18-,24-/m1/s1. The van der Waals surface area contributed by atoms with Crippen LogP contribution in [0.3, 0.4) is 0 Å². The zero-order valence-electron chi connectivity index (χ0n) is 19.2. The Bertz CT molecular complexity index is 1090. The number of carbonyl (C=O) groups is 1. The number of hydrogen-bond acceptors (Lipinski definition) is 3. The van der Waals surface area contributed by atoms with Gasteiger partial charge in [-0.05, 0) is 72.8 Å². The highest BCUT2D eigenvalue weighted by atomic mass is 16.5. The maximum atomic E-state index is 11.1. The average molecular weight is 433 g/mol. The minimum absolute atomic E-state index is 0.0341. The summed E-state index contributed by atoms with van der Waals surface area (Å²) in [5, 5.41) is 9.12. The molecule has 5 rings (SSSR count). The summed E-state index contributed by atoms with van der Waals surface area (Å²) >= 11 is 0. The molecule has 2 aliphatic carbocycles. The fourth-order valence-electron chi connectivity index (χ4n) is 6.06. The van der Waals surface area contributed by atoms with Crippen LogP contribution in [-0.4, -0.2) is 17.7 Å². The number of hydrogen-bond donors (Lipinski definition) is 1. The summed E-state index contributed by atoms with van der Waals surface area (Å²) < 4.78 is 12.2. The van der Waals surface area contributed by atoms with E-state index < -0.39 is 5.97 Å². The molecule has 0 saturated carbocycles. The number of allylic oxidation sites excluding steroid dienone is 2. The Morgan fingerprint density at radius 1 is 1.19 bits per heavy atom. The molecule has 2 atom stereocenters. The van der Waals surface area contributed by atoms with Crippen molar-refractivity contribution in [1.29, 1.82) is 0 Å². The molecule has 0 bridgehead atoms. The van der Waals surface area contributed by atoms with Gasteiger partial charge in [0.05, 0.1) is 13.0 Å². The van der Waals surface area contributed by atoms with Gasteiger partial charge in [-0.2, -0.15) is 0 Å². The lowest BCUT2D eigenvalue weighted by Crippen LogP contribution is -2.20. The highest BCUT2D eigenvalue weighted by molar-refractivity contribution is 5.76. The Hall–Kier alpha value is -2.75. The van der Waals surface area contributed by atoms with Gasteiger partial charge in [0, 0.05) is 17.5 Å². The molecule has 2 aromatic rings. The minimum Gasteiger partial charge on any atom is -0.492 e. The first-order valence-corrected chi connectivity index (χ1v) is 11.8. The SMILES string of the molecule is CC1=C(c2cccc3c2CC[C@H]3Oc2ccc3c(c2)OC[C@H]3CC(=O)O)C(C)(C)CCC1. The second kappa shape index (κ2) is 7.99. The summed E-state index contributed by atoms with van der Waals surface area (Å²) in [6.45, 7) is 7.50. The van der Waals surface area contributed by atoms with Gasteiger partial charge in [0.2, 0.25) is 0 Å². The third-order valence-corrected chi connectivity index (χ3v) is 7.51. The van der Waals surface area contributed by atoms with Crippen molar-refractivity contribution in [3.63, 3.8) is 0 Å². The maximum absolute atomic E-state index is 11.1. The molecule has 168 valence electrons. The van der Waals surface area contributed by atoms with E-state index in [1.54, 1.807) is 0 Å². The van der Waals surface area contributed by atoms with E-state index in [1.165, 1.54) is 47.1 Å². The topological polar surface area (TPSA) is 55.8 Å². The first-order valence-electron chi connectivity index (χ1n) is 11.8. The third-order valence-electron chi connectivity index (χ3n) is 7.51. The monoisotopic (exact) mass is 432 g/mol. The molecule has 0 aromatic heterocycles. The van der Waals surface area contributed by atoms with E-state index in [9.17, 15) is 4.79 Å². The number of benzene rings is 2. The van der Waals surface area contributed by atoms with Crippen LogP contribution in [0.4, 0.5) is 0 Å². The van der Waals surface area contributed by atoms with Crippen molar-refractivity contribution in [2.45, 2.75) is 71.3 Å². The summed E-state index contributed by atoms with van der Waals surface area (Å²) in [6.07, 6.45) is 5.84. The zero-order valence-corrected chi connectivity index (χ0v) is 19.2. The Labute approximate surface area is 190 Å². The van der Waals surface area contributed by atoms with Crippen LogP contribution in [0.2, 0.25) is 0 Å². The predicted molar refractivity (Wildman–Crippen MR) is 125 cm³/mol. The van der Waals surface area contributed by atoms with Gasteiger partial charge >= 0.3 is 5.97 Å². The molecule has 0 amide bonds. The Kier molecular flexibility index (Phi) is 5.27. The number of carboxylic acid groups (broad SMARTS) is 1. The maximum Gasteiger partial charge on any atom is 0.304 e. The molecule has 32 heavy (non-hydrogen) atoms. The number of ether oxygens (including phenoxy) is 2. The van der Waals surface area contributed by atoms with Gasteiger partial charge in [-0.3, -0.25) is 4.79 Å². The summed E-state index contributed by atoms with van der Waals surface area (Å²) in [5.41, 5.74) is 8.41. The second-order valence-corrected chi connectivity index (χ2v) is 10.2. The van der Waals surface area contributed by atoms with E-state index in [2.05, 4.69) is 39.0 Å². The third kappa shape index (κ3) is 3.70. The first-order chi connectivity index (χ1) is 15.3. The van der Waals surface area contributed by atoms with Crippen LogP contribution in [0.15, 0.2) is 42.0 Å². The van der Waals surface area contributed by atoms with Crippen LogP contribution in [0.5, 0.6) is 11.5 Å². The first kappa shape index (κ1) is 21.1. The molecule has 1 N–H and O–H groups in total. The van der Waals surface area contributed by atoms with Crippen LogP contribution < -0.4 is 9.47 Å². The Morgan fingerprint density at radius 2 is 2.03 bits per heavy atom. The molecule has 0 radical (unpaired) electrons. The van der Waals surface area contributed by atoms with Crippen LogP contribution in [-0.2, 0) is 11.2 Å². The van der Waals surface area contributed by atoms with Crippen molar-refractivity contribution < 1.29 is 19.4 Å². The smallest absolute Gasteiger partial charge is 0.304 e. The lowest BCUT2D eigenvalue weighted by molar-refractivity contribution is -0.137. The number of aliphatic carboxylic acids is 1. The van der Waals surface area contributed by atoms with Crippen molar-refractivity contribution in [1.82, 2.24) is 0 Å². The van der Waals surface area contributed by atoms with Crippen molar-refractivity contribution in [3.05, 3.63) is 64.2 Å². The van der Waals surface area contributed by atoms with Gasteiger partial charge in [-0.15, -0.1) is 0 Å². The van der Waals surface area contributed by atoms with Crippen molar-refractivity contribution in [2.24, 2.45) is 5.41 Å². The molecule has 0 fully saturated rings. The molecule has 1 aliphatic heterocycles. The van der Waals surface area contributed by atoms with Gasteiger partial charge in [0.1, 0.15) is 17.6 Å². The molecular formula is C28H32O4. The summed E-state index contributed by atoms with van der Waals surface area (Å²) in [5.74, 6) is 0.667. The molecule has 0 spiro atoms. The minimum atomic E-state index is -0.795. The highest BCUT2D eigenvalue weighted by Crippen LogP contribution is 2.49. The van der Waals surface area contributed by atoms with Crippen LogP contribution >= 0.6 is 0 Å². The summed E-state index contributed by atoms with van der Waals surface area (Å²) in [6, 6.07) is 12.6. The zero-order chi connectivity index (χ0) is 22.5. The van der Waals surface area contributed by atoms with E-state index >= 15 is 0 Å². The molecule has 4 nitrogen and oxygen atoms in total. The quantitative estimate of drug-likeness (QED) is 0.572. The predicted octanol–water partition coefficient (Wildman–Crippen LogP) is 6.69. The average Bonchev–Trinajstić information content (AvgIpc) is 3.32. The molecule has 0 saturated heterocycles. The molecule has 2 aromatic carbocycles. The molecule has 0 unspecified atom stereocenters. The van der Waals surface area contributed by atoms with Gasteiger partial charge in [0.15, 0.2) is 0 Å². The van der Waals surface area contributed by atoms with Gasteiger partial charge in [0.25, 0.3) is 0 Å². The van der Waals surface area contributed by atoms with E-state index in [0.29, 0.717) is 6.61 Å². The van der Waals surface area contributed by atoms with E-state index in [1.807, 2.05) is 18.2 Å². The van der Waals surface area contributed by atoms with Gasteiger partial charge < -0.3 is 14.6 Å². The van der Waals surface area contributed by atoms with Crippen LogP contribution in [0.25, 0.3) is 5.57 Å². The Morgan fingerprint density at radius 3 is 2.81 bits per heavy atom. The molecular weight excluding hydrogens is 400 g/mol. The van der Waals surface area contributed by atoms with Crippen molar-refractivity contribution >= 4 is 11.5 Å². The molecule has 4 heteroatoms. The van der Waals surface area contributed by atoms with Gasteiger partial charge in [-0.25, -0.2) is 0 Å². The van der Waals surface area contributed by atoms with E-state index in [4.69, 9.17) is 14.6 Å². The second-order valence-electron chi connectivity index (χ2n) is 10.2. The fraction of sp³-hybridized carbons (Fsp3) is 0.464. The Balaban J connectivity index is 1.41. The van der Waals surface area contributed by atoms with E-state index in [-0.39, 0.29) is 23.9 Å². The number of carboxylic acids is 1. The number of fused-ring (bicyclic) bond motifs is 2. The van der Waals surface area contributed by atoms with Crippen molar-refractivity contribution in [2.75, 3.05) is 6.61 Å². The van der Waals surface area contributed by atoms with Crippen LogP contribution in [0.1, 0.15) is 87.2 Å². The molecule has 1 heterocycles. The summed E-state index contributed by atoms with van der Waals surface area (Å²) in [7, 11) is 0. The lowest BCUT2D eigenvalue weighted by atomic mass is 9.69. The summed E-state index contributed by atoms with van der Waals surface area (Å²) in [4.78, 5) is 11.1. The fourth-order valence-corrected chi connectivity index (χ4v) is 6.06. The van der Waals surface area contributed by atoms with Crippen molar-refractivity contribution in [3.8, 4) is 11.5 Å². The molecule has 3 aliphatic rings. The normalized spacial score (nSPS) is 23.5. The largest absolute Gasteiger partial charge is 0.492 e. The van der Waals surface area contributed by atoms with Gasteiger partial charge in [-0.1, -0.05) is 43.7 Å². The van der Waals surface area contributed by atoms with Crippen LogP contribution in [0, 0.1) is 5.41 Å². The number of rotatable bonds is 5. The lowest BCUT2D eigenvalue weighted by Gasteiger charge is -2.36. The highest BCUT2D eigenvalue weighted by Gasteiger charge is 2.34.